The van der Waals surface area contributed by atoms with Crippen LogP contribution in [0.5, 0.6) is 5.75 Å². The molecular weight excluding hydrogens is 448 g/mol. The van der Waals surface area contributed by atoms with E-state index < -0.39 is 6.10 Å². The fraction of sp³-hybridized carbons (Fsp3) is 0.385. The molecule has 0 radical (unpaired) electrons. The molecule has 3 aromatic rings. The standard InChI is InChI=1S/C26H30N4O3S/c1-15(2)33-23-10-7-16(11-22(23)27-3)25-28-12-24(34-25)20-6-4-5-19-18(20)8-9-21(19)29-26(32)30-13-17(31)14-30/h4-7,10-12,15,17,21,27,31H,8-9,13-14H2,1-3H3,(H,29,32). The first kappa shape index (κ1) is 22.7. The molecule has 1 aliphatic carbocycles. The van der Waals surface area contributed by atoms with Gasteiger partial charge in [-0.25, -0.2) is 9.78 Å². The minimum Gasteiger partial charge on any atom is -0.489 e. The lowest BCUT2D eigenvalue weighted by molar-refractivity contribution is 0.0257. The number of carbonyl (C=O) groups is 1. The van der Waals surface area contributed by atoms with Crippen molar-refractivity contribution in [1.29, 1.82) is 0 Å². The van der Waals surface area contributed by atoms with Gasteiger partial charge in [-0.1, -0.05) is 18.2 Å². The van der Waals surface area contributed by atoms with Gasteiger partial charge in [0.2, 0.25) is 0 Å². The summed E-state index contributed by atoms with van der Waals surface area (Å²) in [5.41, 5.74) is 5.63. The van der Waals surface area contributed by atoms with Crippen molar-refractivity contribution in [2.75, 3.05) is 25.5 Å². The third-order valence-electron chi connectivity index (χ3n) is 6.35. The van der Waals surface area contributed by atoms with Gasteiger partial charge in [-0.05, 0) is 61.6 Å². The number of nitrogens with one attached hydrogen (secondary N) is 2. The molecule has 178 valence electrons. The first-order valence-corrected chi connectivity index (χ1v) is 12.5. The number of fused-ring (bicyclic) bond motifs is 1. The van der Waals surface area contributed by atoms with Crippen LogP contribution in [-0.2, 0) is 6.42 Å². The van der Waals surface area contributed by atoms with Crippen molar-refractivity contribution < 1.29 is 14.6 Å². The lowest BCUT2D eigenvalue weighted by Gasteiger charge is -2.36. The fourth-order valence-corrected chi connectivity index (χ4v) is 5.61. The Morgan fingerprint density at radius 2 is 2.09 bits per heavy atom. The van der Waals surface area contributed by atoms with Gasteiger partial charge in [0, 0.05) is 18.8 Å². The number of urea groups is 1. The molecule has 2 heterocycles. The third-order valence-corrected chi connectivity index (χ3v) is 7.43. The number of ether oxygens (including phenoxy) is 1. The van der Waals surface area contributed by atoms with Crippen molar-refractivity contribution in [3.8, 4) is 26.8 Å². The zero-order valence-corrected chi connectivity index (χ0v) is 20.5. The number of hydrogen-bond acceptors (Lipinski definition) is 6. The Bertz CT molecular complexity index is 1200. The molecule has 0 bridgehead atoms. The number of rotatable bonds is 6. The molecular formula is C26H30N4O3S. The molecule has 3 N–H and O–H groups in total. The second kappa shape index (κ2) is 9.27. The number of aromatic nitrogens is 1. The van der Waals surface area contributed by atoms with Gasteiger partial charge in [-0.2, -0.15) is 0 Å². The van der Waals surface area contributed by atoms with E-state index in [-0.39, 0.29) is 18.2 Å². The Kier molecular flexibility index (Phi) is 6.18. The summed E-state index contributed by atoms with van der Waals surface area (Å²) in [7, 11) is 1.90. The van der Waals surface area contributed by atoms with Crippen LogP contribution in [0.4, 0.5) is 10.5 Å². The molecule has 1 fully saturated rings. The molecule has 7 nitrogen and oxygen atoms in total. The van der Waals surface area contributed by atoms with Crippen molar-refractivity contribution >= 4 is 23.1 Å². The predicted octanol–water partition coefficient (Wildman–Crippen LogP) is 4.68. The van der Waals surface area contributed by atoms with Crippen LogP contribution in [0.25, 0.3) is 21.0 Å². The van der Waals surface area contributed by atoms with E-state index in [4.69, 9.17) is 9.72 Å². The van der Waals surface area contributed by atoms with Crippen molar-refractivity contribution in [3.05, 3.63) is 53.7 Å². The van der Waals surface area contributed by atoms with Crippen LogP contribution in [-0.4, -0.2) is 53.4 Å². The van der Waals surface area contributed by atoms with Crippen LogP contribution in [0.1, 0.15) is 37.4 Å². The Labute approximate surface area is 203 Å². The van der Waals surface area contributed by atoms with Crippen LogP contribution >= 0.6 is 11.3 Å². The largest absolute Gasteiger partial charge is 0.489 e. The predicted molar refractivity (Wildman–Crippen MR) is 135 cm³/mol. The van der Waals surface area contributed by atoms with Crippen molar-refractivity contribution in [2.45, 2.75) is 44.9 Å². The van der Waals surface area contributed by atoms with Gasteiger partial charge in [-0.3, -0.25) is 0 Å². The van der Waals surface area contributed by atoms with E-state index in [1.165, 1.54) is 16.7 Å². The lowest BCUT2D eigenvalue weighted by Crippen LogP contribution is -2.57. The number of thiazole rings is 1. The summed E-state index contributed by atoms with van der Waals surface area (Å²) < 4.78 is 5.90. The van der Waals surface area contributed by atoms with E-state index in [1.54, 1.807) is 16.2 Å². The van der Waals surface area contributed by atoms with Crippen LogP contribution in [0.15, 0.2) is 42.6 Å². The van der Waals surface area contributed by atoms with E-state index in [0.29, 0.717) is 13.1 Å². The highest BCUT2D eigenvalue weighted by Gasteiger charge is 2.32. The molecule has 2 amide bonds. The molecule has 0 spiro atoms. The van der Waals surface area contributed by atoms with Gasteiger partial charge in [-0.15, -0.1) is 11.3 Å². The average molecular weight is 479 g/mol. The van der Waals surface area contributed by atoms with E-state index >= 15 is 0 Å². The molecule has 5 rings (SSSR count). The Morgan fingerprint density at radius 3 is 2.82 bits per heavy atom. The number of anilines is 1. The summed E-state index contributed by atoms with van der Waals surface area (Å²) in [6, 6.07) is 12.3. The second-order valence-corrected chi connectivity index (χ2v) is 10.2. The molecule has 1 atom stereocenters. The highest BCUT2D eigenvalue weighted by atomic mass is 32.1. The van der Waals surface area contributed by atoms with Crippen LogP contribution in [0.3, 0.4) is 0 Å². The molecule has 1 saturated heterocycles. The van der Waals surface area contributed by atoms with Gasteiger partial charge in [0.25, 0.3) is 0 Å². The monoisotopic (exact) mass is 478 g/mol. The van der Waals surface area contributed by atoms with Crippen molar-refractivity contribution in [3.63, 3.8) is 0 Å². The van der Waals surface area contributed by atoms with Crippen molar-refractivity contribution in [1.82, 2.24) is 15.2 Å². The van der Waals surface area contributed by atoms with Crippen LogP contribution in [0, 0.1) is 0 Å². The second-order valence-electron chi connectivity index (χ2n) is 9.13. The topological polar surface area (TPSA) is 86.7 Å². The summed E-state index contributed by atoms with van der Waals surface area (Å²) >= 11 is 1.67. The number of aliphatic hydroxyl groups is 1. The molecule has 2 aliphatic rings. The van der Waals surface area contributed by atoms with Crippen LogP contribution in [0.2, 0.25) is 0 Å². The number of nitrogens with zero attached hydrogens (tertiary/aromatic N) is 2. The maximum absolute atomic E-state index is 12.5. The summed E-state index contributed by atoms with van der Waals surface area (Å²) in [5, 5.41) is 16.8. The molecule has 1 aromatic heterocycles. The van der Waals surface area contributed by atoms with Gasteiger partial charge >= 0.3 is 6.03 Å². The number of carbonyl (C=O) groups excluding carboxylic acids is 1. The Balaban J connectivity index is 1.37. The molecule has 34 heavy (non-hydrogen) atoms. The Morgan fingerprint density at radius 1 is 1.26 bits per heavy atom. The van der Waals surface area contributed by atoms with Crippen LogP contribution < -0.4 is 15.4 Å². The minimum atomic E-state index is -0.392. The maximum Gasteiger partial charge on any atom is 0.318 e. The lowest BCUT2D eigenvalue weighted by atomic mass is 10.0. The number of hydrogen-bond donors (Lipinski definition) is 3. The number of benzene rings is 2. The van der Waals surface area contributed by atoms with Gasteiger partial charge in [0.15, 0.2) is 0 Å². The summed E-state index contributed by atoms with van der Waals surface area (Å²) in [5.74, 6) is 0.833. The molecule has 1 aliphatic heterocycles. The first-order valence-electron chi connectivity index (χ1n) is 11.7. The fourth-order valence-electron chi connectivity index (χ4n) is 4.64. The number of amides is 2. The van der Waals surface area contributed by atoms with Gasteiger partial charge in [0.1, 0.15) is 10.8 Å². The molecule has 8 heteroatoms. The number of β-amino-alcohol motifs (C(OH)–C–C–N with tert-alkyl or cyclic N) is 1. The molecule has 1 unspecified atom stereocenters. The first-order chi connectivity index (χ1) is 16.4. The normalized spacial score (nSPS) is 17.4. The SMILES string of the molecule is CNc1cc(-c2ncc(-c3cccc4c3CCC4NC(=O)N3CC(O)C3)s2)ccc1OC(C)C. The zero-order valence-electron chi connectivity index (χ0n) is 19.7. The third kappa shape index (κ3) is 4.35. The van der Waals surface area contributed by atoms with Gasteiger partial charge < -0.3 is 25.4 Å². The highest BCUT2D eigenvalue weighted by Crippen LogP contribution is 2.41. The van der Waals surface area contributed by atoms with E-state index in [0.717, 1.165) is 39.7 Å². The quantitative estimate of drug-likeness (QED) is 0.479. The average Bonchev–Trinajstić information content (AvgIpc) is 3.44. The zero-order chi connectivity index (χ0) is 23.8. The summed E-state index contributed by atoms with van der Waals surface area (Å²) in [4.78, 5) is 20.0. The number of likely N-dealkylation sites (tertiary alicyclic amines) is 1. The maximum atomic E-state index is 12.5. The molecule has 2 aromatic carbocycles. The highest BCUT2D eigenvalue weighted by molar-refractivity contribution is 7.18. The van der Waals surface area contributed by atoms with E-state index in [1.807, 2.05) is 33.2 Å². The summed E-state index contributed by atoms with van der Waals surface area (Å²) in [6.45, 7) is 4.86. The van der Waals surface area contributed by atoms with E-state index in [2.05, 4.69) is 41.0 Å². The van der Waals surface area contributed by atoms with E-state index in [9.17, 15) is 9.90 Å². The molecule has 0 saturated carbocycles. The minimum absolute atomic E-state index is 0.000673. The Hall–Kier alpha value is -3.10. The van der Waals surface area contributed by atoms with Gasteiger partial charge in [0.05, 0.1) is 41.9 Å². The summed E-state index contributed by atoms with van der Waals surface area (Å²) in [6.07, 6.45) is 3.45. The van der Waals surface area contributed by atoms with Crippen molar-refractivity contribution in [2.24, 2.45) is 0 Å². The smallest absolute Gasteiger partial charge is 0.318 e. The number of aliphatic hydroxyl groups excluding tert-OH is 1.